The molecule has 0 amide bonds. The highest BCUT2D eigenvalue weighted by Gasteiger charge is 2.35. The first kappa shape index (κ1) is 27.0. The van der Waals surface area contributed by atoms with Crippen LogP contribution in [0.15, 0.2) is 18.3 Å². The minimum Gasteiger partial charge on any atom is -0.507 e. The number of rotatable bonds is 8. The molecule has 32 heavy (non-hydrogen) atoms. The van der Waals surface area contributed by atoms with E-state index in [1.807, 2.05) is 0 Å². The Labute approximate surface area is 188 Å². The third-order valence-corrected chi connectivity index (χ3v) is 3.74. The van der Waals surface area contributed by atoms with Gasteiger partial charge in [-0.05, 0) is 41.5 Å². The zero-order chi connectivity index (χ0) is 24.9. The number of ether oxygens (including phenoxy) is 4. The van der Waals surface area contributed by atoms with E-state index >= 15 is 0 Å². The van der Waals surface area contributed by atoms with Gasteiger partial charge in [-0.2, -0.15) is 0 Å². The fraction of sp³-hybridized carbons (Fsp3) is 0.522. The molecule has 0 aliphatic heterocycles. The molecule has 9 nitrogen and oxygen atoms in total. The van der Waals surface area contributed by atoms with Crippen LogP contribution in [0.4, 0.5) is 0 Å². The summed E-state index contributed by atoms with van der Waals surface area (Å²) in [4.78, 5) is 40.4. The third kappa shape index (κ3) is 7.56. The molecule has 0 aliphatic rings. The molecule has 0 saturated heterocycles. The van der Waals surface area contributed by atoms with Crippen molar-refractivity contribution in [3.63, 3.8) is 0 Å². The summed E-state index contributed by atoms with van der Waals surface area (Å²) in [5.41, 5.74) is -2.66. The number of esters is 2. The van der Waals surface area contributed by atoms with E-state index in [-0.39, 0.29) is 23.9 Å². The second kappa shape index (κ2) is 10.5. The van der Waals surface area contributed by atoms with Gasteiger partial charge in [0.05, 0.1) is 11.0 Å². The Balaban J connectivity index is 3.88. The summed E-state index contributed by atoms with van der Waals surface area (Å²) in [6, 6.07) is 1.09. The smallest absolute Gasteiger partial charge is 0.343 e. The van der Waals surface area contributed by atoms with Crippen molar-refractivity contribution in [2.45, 2.75) is 47.1 Å². The highest BCUT2D eigenvalue weighted by Crippen LogP contribution is 2.42. The lowest BCUT2D eigenvalue weighted by Gasteiger charge is -2.24. The molecule has 0 bridgehead atoms. The maximum absolute atomic E-state index is 13.2. The topological polar surface area (TPSA) is 112 Å². The quantitative estimate of drug-likeness (QED) is 0.208. The molecule has 0 heterocycles. The van der Waals surface area contributed by atoms with E-state index < -0.39 is 40.1 Å². The van der Waals surface area contributed by atoms with Crippen molar-refractivity contribution in [2.24, 2.45) is 5.41 Å². The van der Waals surface area contributed by atoms with Crippen molar-refractivity contribution in [2.75, 3.05) is 28.0 Å². The lowest BCUT2D eigenvalue weighted by Crippen LogP contribution is -2.29. The van der Waals surface area contributed by atoms with Crippen molar-refractivity contribution in [1.82, 2.24) is 4.90 Å². The fourth-order valence-corrected chi connectivity index (χ4v) is 2.28. The Morgan fingerprint density at radius 3 is 2.12 bits per heavy atom. The Kier molecular flexibility index (Phi) is 8.84. The summed E-state index contributed by atoms with van der Waals surface area (Å²) in [5.74, 6) is -3.37. The van der Waals surface area contributed by atoms with Gasteiger partial charge in [0.2, 0.25) is 0 Å². The van der Waals surface area contributed by atoms with Gasteiger partial charge in [0.1, 0.15) is 16.9 Å². The van der Waals surface area contributed by atoms with Crippen LogP contribution in [0.1, 0.15) is 62.3 Å². The van der Waals surface area contributed by atoms with Crippen LogP contribution in [0, 0.1) is 5.41 Å². The zero-order valence-corrected chi connectivity index (χ0v) is 20.2. The summed E-state index contributed by atoms with van der Waals surface area (Å²) in [5, 5.41) is 10.6. The number of benzene rings is 1. The molecule has 1 aromatic carbocycles. The number of carbonyl (C=O) groups is 3. The maximum atomic E-state index is 13.2. The molecule has 1 rings (SSSR count). The molecule has 0 spiro atoms. The molecule has 1 N–H and O–H groups in total. The second-order valence-electron chi connectivity index (χ2n) is 9.31. The van der Waals surface area contributed by atoms with Gasteiger partial charge in [0.15, 0.2) is 24.1 Å². The molecular weight excluding hydrogens is 418 g/mol. The van der Waals surface area contributed by atoms with E-state index in [0.717, 1.165) is 6.07 Å². The summed E-state index contributed by atoms with van der Waals surface area (Å²) in [7, 11) is 4.78. The number of hydrogen-bond acceptors (Lipinski definition) is 9. The van der Waals surface area contributed by atoms with Gasteiger partial charge in [0, 0.05) is 39.5 Å². The number of aromatic hydroxyl groups is 1. The van der Waals surface area contributed by atoms with Gasteiger partial charge < -0.3 is 29.0 Å². The van der Waals surface area contributed by atoms with E-state index in [9.17, 15) is 19.5 Å². The van der Waals surface area contributed by atoms with E-state index in [1.54, 1.807) is 60.5 Å². The first-order valence-electron chi connectivity index (χ1n) is 9.94. The van der Waals surface area contributed by atoms with Crippen molar-refractivity contribution >= 4 is 17.7 Å². The largest absolute Gasteiger partial charge is 0.507 e. The van der Waals surface area contributed by atoms with Gasteiger partial charge in [-0.1, -0.05) is 0 Å². The SMILES string of the molecule is COCOc1cc(O)c(C(=O)/C=C/N(C)C)c(C(=O)OC(C)(C)C)c1OC(=O)C(C)(C)C. The van der Waals surface area contributed by atoms with Crippen LogP contribution in [-0.4, -0.2) is 61.3 Å². The van der Waals surface area contributed by atoms with Crippen molar-refractivity contribution in [1.29, 1.82) is 0 Å². The monoisotopic (exact) mass is 451 g/mol. The van der Waals surface area contributed by atoms with E-state index in [1.165, 1.54) is 19.4 Å². The normalized spacial score (nSPS) is 11.9. The number of nitrogens with zero attached hydrogens (tertiary/aromatic N) is 1. The van der Waals surface area contributed by atoms with Crippen LogP contribution in [0.2, 0.25) is 0 Å². The first-order chi connectivity index (χ1) is 14.6. The number of methoxy groups -OCH3 is 1. The van der Waals surface area contributed by atoms with Crippen molar-refractivity contribution < 1.29 is 38.4 Å². The molecule has 9 heteroatoms. The zero-order valence-electron chi connectivity index (χ0n) is 20.2. The number of phenols is 1. The number of allylic oxidation sites excluding steroid dienone is 1. The first-order valence-corrected chi connectivity index (χ1v) is 9.94. The Morgan fingerprint density at radius 2 is 1.66 bits per heavy atom. The average molecular weight is 452 g/mol. The Hall–Kier alpha value is -3.07. The molecule has 1 aromatic rings. The Morgan fingerprint density at radius 1 is 1.06 bits per heavy atom. The number of carbonyl (C=O) groups excluding carboxylic acids is 3. The van der Waals surface area contributed by atoms with Gasteiger partial charge in [-0.25, -0.2) is 4.79 Å². The molecule has 0 aromatic heterocycles. The van der Waals surface area contributed by atoms with E-state index in [4.69, 9.17) is 18.9 Å². The van der Waals surface area contributed by atoms with Gasteiger partial charge in [0.25, 0.3) is 0 Å². The van der Waals surface area contributed by atoms with Crippen LogP contribution < -0.4 is 9.47 Å². The Bertz CT molecular complexity index is 889. The molecular formula is C23H33NO8. The van der Waals surface area contributed by atoms with Gasteiger partial charge in [-0.15, -0.1) is 0 Å². The van der Waals surface area contributed by atoms with E-state index in [0.29, 0.717) is 0 Å². The van der Waals surface area contributed by atoms with Crippen LogP contribution in [0.25, 0.3) is 0 Å². The van der Waals surface area contributed by atoms with Crippen LogP contribution in [0.3, 0.4) is 0 Å². The highest BCUT2D eigenvalue weighted by molar-refractivity contribution is 6.15. The molecule has 0 atom stereocenters. The maximum Gasteiger partial charge on any atom is 0.343 e. The molecule has 0 fully saturated rings. The molecule has 0 radical (unpaired) electrons. The minimum absolute atomic E-state index is 0.157. The highest BCUT2D eigenvalue weighted by atomic mass is 16.7. The standard InChI is InChI=1S/C23H33NO8/c1-22(2,3)21(28)31-19-16(30-13-29-9)12-15(26)17(14(25)10-11-24(7)8)18(19)20(27)32-23(4,5)6/h10-12,26H,13H2,1-9H3/b11-10+. The van der Waals surface area contributed by atoms with Crippen LogP contribution in [0.5, 0.6) is 17.2 Å². The van der Waals surface area contributed by atoms with Crippen molar-refractivity contribution in [3.8, 4) is 17.2 Å². The number of ketones is 1. The van der Waals surface area contributed by atoms with Crippen LogP contribution >= 0.6 is 0 Å². The summed E-state index contributed by atoms with van der Waals surface area (Å²) >= 11 is 0. The lowest BCUT2D eigenvalue weighted by molar-refractivity contribution is -0.143. The summed E-state index contributed by atoms with van der Waals surface area (Å²) < 4.78 is 21.3. The number of hydrogen-bond donors (Lipinski definition) is 1. The number of phenolic OH excluding ortho intramolecular Hbond substituents is 1. The second-order valence-corrected chi connectivity index (χ2v) is 9.31. The lowest BCUT2D eigenvalue weighted by atomic mass is 9.96. The average Bonchev–Trinajstić information content (AvgIpc) is 2.63. The fourth-order valence-electron chi connectivity index (χ4n) is 2.28. The molecule has 178 valence electrons. The predicted octanol–water partition coefficient (Wildman–Crippen LogP) is 3.54. The predicted molar refractivity (Wildman–Crippen MR) is 118 cm³/mol. The third-order valence-electron chi connectivity index (χ3n) is 3.74. The molecule has 0 aliphatic carbocycles. The van der Waals surface area contributed by atoms with Gasteiger partial charge >= 0.3 is 11.9 Å². The van der Waals surface area contributed by atoms with E-state index in [2.05, 4.69) is 0 Å². The minimum atomic E-state index is -0.964. The van der Waals surface area contributed by atoms with Crippen LogP contribution in [-0.2, 0) is 14.3 Å². The molecule has 0 unspecified atom stereocenters. The summed E-state index contributed by atoms with van der Waals surface area (Å²) in [6.45, 7) is 9.55. The van der Waals surface area contributed by atoms with Crippen molar-refractivity contribution in [3.05, 3.63) is 29.5 Å². The molecule has 0 saturated carbocycles. The summed E-state index contributed by atoms with van der Waals surface area (Å²) in [6.07, 6.45) is 2.63. The van der Waals surface area contributed by atoms with Gasteiger partial charge in [-0.3, -0.25) is 9.59 Å².